The van der Waals surface area contributed by atoms with Gasteiger partial charge < -0.3 is 10.8 Å². The van der Waals surface area contributed by atoms with E-state index >= 15 is 0 Å². The topological polar surface area (TPSA) is 92.4 Å². The van der Waals surface area contributed by atoms with Gasteiger partial charge in [0, 0.05) is 6.42 Å². The van der Waals surface area contributed by atoms with Crippen LogP contribution < -0.4 is 11.1 Å². The van der Waals surface area contributed by atoms with Gasteiger partial charge in [0.05, 0.1) is 11.6 Å². The van der Waals surface area contributed by atoms with Crippen molar-refractivity contribution in [2.75, 3.05) is 5.73 Å². The summed E-state index contributed by atoms with van der Waals surface area (Å²) in [5.74, 6) is -0.911. The lowest BCUT2D eigenvalue weighted by atomic mass is 9.90. The predicted octanol–water partition coefficient (Wildman–Crippen LogP) is 0.495. The molecule has 0 saturated carbocycles. The molecule has 1 unspecified atom stereocenters. The van der Waals surface area contributed by atoms with Crippen molar-refractivity contribution in [3.63, 3.8) is 0 Å². The summed E-state index contributed by atoms with van der Waals surface area (Å²) in [6.45, 7) is 0. The number of carbonyl (C=O) groups excluding carboxylic acids is 2. The van der Waals surface area contributed by atoms with Crippen LogP contribution in [0.3, 0.4) is 0 Å². The molecule has 1 aliphatic rings. The molecule has 1 heterocycles. The van der Waals surface area contributed by atoms with E-state index in [0.29, 0.717) is 12.8 Å². The molecule has 1 aliphatic heterocycles. The number of nitrogens with two attached hydrogens (primary N) is 1. The standard InChI is InChI=1S/C11H12N2O3/c12-8-5-6(1-3-9(8)14)7-2-4-10(15)13-11(7)16/h1,3,5,7,14H,2,4,12H2,(H,13,15,16). The number of anilines is 1. The summed E-state index contributed by atoms with van der Waals surface area (Å²) in [5, 5.41) is 11.6. The highest BCUT2D eigenvalue weighted by atomic mass is 16.3. The maximum atomic E-state index is 11.6. The maximum absolute atomic E-state index is 11.6. The van der Waals surface area contributed by atoms with Gasteiger partial charge in [0.1, 0.15) is 5.75 Å². The average molecular weight is 220 g/mol. The van der Waals surface area contributed by atoms with Crippen molar-refractivity contribution in [1.82, 2.24) is 5.32 Å². The molecule has 16 heavy (non-hydrogen) atoms. The molecule has 2 rings (SSSR count). The van der Waals surface area contributed by atoms with Crippen molar-refractivity contribution in [3.05, 3.63) is 23.8 Å². The molecule has 0 aliphatic carbocycles. The van der Waals surface area contributed by atoms with E-state index in [2.05, 4.69) is 5.32 Å². The fourth-order valence-corrected chi connectivity index (χ4v) is 1.80. The molecule has 4 N–H and O–H groups in total. The normalized spacial score (nSPS) is 20.6. The highest BCUT2D eigenvalue weighted by Gasteiger charge is 2.28. The monoisotopic (exact) mass is 220 g/mol. The first-order chi connectivity index (χ1) is 7.58. The third kappa shape index (κ3) is 1.84. The Bertz CT molecular complexity index is 457. The Kier molecular flexibility index (Phi) is 2.52. The molecule has 0 spiro atoms. The van der Waals surface area contributed by atoms with Crippen LogP contribution >= 0.6 is 0 Å². The van der Waals surface area contributed by atoms with Crippen molar-refractivity contribution in [2.24, 2.45) is 0 Å². The van der Waals surface area contributed by atoms with E-state index < -0.39 is 0 Å². The summed E-state index contributed by atoms with van der Waals surface area (Å²) in [5.41, 5.74) is 6.51. The van der Waals surface area contributed by atoms with Gasteiger partial charge in [-0.2, -0.15) is 0 Å². The van der Waals surface area contributed by atoms with E-state index in [1.165, 1.54) is 6.07 Å². The maximum Gasteiger partial charge on any atom is 0.234 e. The Morgan fingerprint density at radius 2 is 2.12 bits per heavy atom. The molecule has 2 amide bonds. The number of amides is 2. The molecule has 0 aromatic heterocycles. The quantitative estimate of drug-likeness (QED) is 0.365. The second-order valence-electron chi connectivity index (χ2n) is 3.82. The molecule has 84 valence electrons. The van der Waals surface area contributed by atoms with E-state index in [0.717, 1.165) is 5.56 Å². The number of piperidine rings is 1. The fourth-order valence-electron chi connectivity index (χ4n) is 1.80. The number of carbonyl (C=O) groups is 2. The van der Waals surface area contributed by atoms with E-state index in [-0.39, 0.29) is 29.2 Å². The van der Waals surface area contributed by atoms with E-state index in [1.807, 2.05) is 0 Å². The highest BCUT2D eigenvalue weighted by Crippen LogP contribution is 2.29. The smallest absolute Gasteiger partial charge is 0.234 e. The summed E-state index contributed by atoms with van der Waals surface area (Å²) in [7, 11) is 0. The molecule has 1 fully saturated rings. The van der Waals surface area contributed by atoms with Crippen LogP contribution in [0.4, 0.5) is 5.69 Å². The van der Waals surface area contributed by atoms with Crippen LogP contribution in [0.25, 0.3) is 0 Å². The van der Waals surface area contributed by atoms with Crippen LogP contribution in [0.2, 0.25) is 0 Å². The number of benzene rings is 1. The highest BCUT2D eigenvalue weighted by molar-refractivity contribution is 6.01. The van der Waals surface area contributed by atoms with Crippen LogP contribution in [-0.4, -0.2) is 16.9 Å². The second kappa shape index (κ2) is 3.84. The van der Waals surface area contributed by atoms with E-state index in [1.54, 1.807) is 12.1 Å². The summed E-state index contributed by atoms with van der Waals surface area (Å²) in [4.78, 5) is 22.5. The number of hydrogen-bond donors (Lipinski definition) is 3. The van der Waals surface area contributed by atoms with Crippen molar-refractivity contribution in [3.8, 4) is 5.75 Å². The molecule has 1 aromatic carbocycles. The Labute approximate surface area is 92.3 Å². The van der Waals surface area contributed by atoms with Gasteiger partial charge in [-0.25, -0.2) is 0 Å². The van der Waals surface area contributed by atoms with Gasteiger partial charge in [-0.1, -0.05) is 6.07 Å². The van der Waals surface area contributed by atoms with Crippen molar-refractivity contribution in [1.29, 1.82) is 0 Å². The van der Waals surface area contributed by atoms with Gasteiger partial charge in [-0.15, -0.1) is 0 Å². The Hall–Kier alpha value is -2.04. The largest absolute Gasteiger partial charge is 0.506 e. The molecular weight excluding hydrogens is 208 g/mol. The molecule has 1 atom stereocenters. The van der Waals surface area contributed by atoms with Crippen LogP contribution in [0.15, 0.2) is 18.2 Å². The zero-order chi connectivity index (χ0) is 11.7. The van der Waals surface area contributed by atoms with Crippen LogP contribution in [0, 0.1) is 0 Å². The van der Waals surface area contributed by atoms with Gasteiger partial charge in [0.15, 0.2) is 0 Å². The number of aromatic hydroxyl groups is 1. The zero-order valence-electron chi connectivity index (χ0n) is 8.56. The van der Waals surface area contributed by atoms with Crippen molar-refractivity contribution >= 4 is 17.5 Å². The van der Waals surface area contributed by atoms with Crippen LogP contribution in [0.1, 0.15) is 24.3 Å². The number of rotatable bonds is 1. The van der Waals surface area contributed by atoms with Crippen LogP contribution in [0.5, 0.6) is 5.75 Å². The lowest BCUT2D eigenvalue weighted by Gasteiger charge is -2.21. The molecule has 1 saturated heterocycles. The molecule has 1 aromatic rings. The Balaban J connectivity index is 2.27. The minimum atomic E-state index is -0.361. The molecule has 0 radical (unpaired) electrons. The molecular formula is C11H12N2O3. The summed E-state index contributed by atoms with van der Waals surface area (Å²) >= 11 is 0. The lowest BCUT2D eigenvalue weighted by Crippen LogP contribution is -2.39. The van der Waals surface area contributed by atoms with Gasteiger partial charge in [0.2, 0.25) is 11.8 Å². The van der Waals surface area contributed by atoms with Gasteiger partial charge in [-0.3, -0.25) is 14.9 Å². The summed E-state index contributed by atoms with van der Waals surface area (Å²) in [6.07, 6.45) is 0.812. The van der Waals surface area contributed by atoms with Crippen molar-refractivity contribution < 1.29 is 14.7 Å². The number of nitrogen functional groups attached to an aromatic ring is 1. The first-order valence-corrected chi connectivity index (χ1v) is 5.00. The number of imide groups is 1. The zero-order valence-corrected chi connectivity index (χ0v) is 8.56. The summed E-state index contributed by atoms with van der Waals surface area (Å²) in [6, 6.07) is 4.66. The number of hydrogen-bond acceptors (Lipinski definition) is 4. The van der Waals surface area contributed by atoms with Gasteiger partial charge >= 0.3 is 0 Å². The second-order valence-corrected chi connectivity index (χ2v) is 3.82. The number of phenolic OH excluding ortho intramolecular Hbond substituents is 1. The Morgan fingerprint density at radius 3 is 2.75 bits per heavy atom. The lowest BCUT2D eigenvalue weighted by molar-refractivity contribution is -0.134. The molecule has 0 bridgehead atoms. The Morgan fingerprint density at radius 1 is 1.38 bits per heavy atom. The van der Waals surface area contributed by atoms with E-state index in [4.69, 9.17) is 5.73 Å². The third-order valence-corrected chi connectivity index (χ3v) is 2.69. The van der Waals surface area contributed by atoms with Gasteiger partial charge in [0.25, 0.3) is 0 Å². The summed E-state index contributed by atoms with van der Waals surface area (Å²) < 4.78 is 0. The van der Waals surface area contributed by atoms with E-state index in [9.17, 15) is 14.7 Å². The minimum Gasteiger partial charge on any atom is -0.506 e. The molecule has 5 heteroatoms. The molecule has 5 nitrogen and oxygen atoms in total. The third-order valence-electron chi connectivity index (χ3n) is 2.69. The SMILES string of the molecule is Nc1cc(C2CCC(=O)NC2=O)ccc1O. The van der Waals surface area contributed by atoms with Crippen molar-refractivity contribution in [2.45, 2.75) is 18.8 Å². The predicted molar refractivity (Wildman–Crippen MR) is 57.6 cm³/mol. The fraction of sp³-hybridized carbons (Fsp3) is 0.273. The number of phenols is 1. The van der Waals surface area contributed by atoms with Gasteiger partial charge in [-0.05, 0) is 24.1 Å². The first-order valence-electron chi connectivity index (χ1n) is 5.00. The number of nitrogens with one attached hydrogen (secondary N) is 1. The first kappa shape index (κ1) is 10.5. The minimum absolute atomic E-state index is 0.00366. The van der Waals surface area contributed by atoms with Crippen LogP contribution in [-0.2, 0) is 9.59 Å². The average Bonchev–Trinajstić information content (AvgIpc) is 2.22.